The molecule has 2 bridgehead atoms. The van der Waals surface area contributed by atoms with Crippen LogP contribution in [-0.2, 0) is 0 Å². The largest absolute Gasteiger partial charge is 0.493 e. The molecule has 3 fully saturated rings. The number of fused-ring (bicyclic) bond motifs is 5. The minimum Gasteiger partial charge on any atom is -0.493 e. The van der Waals surface area contributed by atoms with Crippen LogP contribution in [0.3, 0.4) is 0 Å². The standard InChI is InChI=1S/C19H26N2O3S/c1-12(20-10-13-4-5-14(11-20)7-6-13)21-19(22)15-8-16(23-2)17(24-3)9-18(15)25-21/h8-9,12-14H,4-7,10-11H2,1-3H3. The summed E-state index contributed by atoms with van der Waals surface area (Å²) in [6.07, 6.45) is 5.50. The molecule has 1 unspecified atom stereocenters. The normalized spacial score (nSPS) is 25.1. The molecule has 1 aromatic carbocycles. The summed E-state index contributed by atoms with van der Waals surface area (Å²) in [6, 6.07) is 3.72. The molecule has 0 amide bonds. The Balaban J connectivity index is 1.71. The van der Waals surface area contributed by atoms with Gasteiger partial charge >= 0.3 is 0 Å². The monoisotopic (exact) mass is 362 g/mol. The third-order valence-corrected chi connectivity index (χ3v) is 7.13. The van der Waals surface area contributed by atoms with Gasteiger partial charge in [0, 0.05) is 19.2 Å². The number of aromatic nitrogens is 1. The summed E-state index contributed by atoms with van der Waals surface area (Å²) in [5.74, 6) is 2.87. The van der Waals surface area contributed by atoms with Gasteiger partial charge in [0.2, 0.25) is 0 Å². The van der Waals surface area contributed by atoms with Crippen molar-refractivity contribution in [2.24, 2.45) is 11.8 Å². The van der Waals surface area contributed by atoms with Crippen molar-refractivity contribution < 1.29 is 9.47 Å². The van der Waals surface area contributed by atoms with Crippen LogP contribution in [0, 0.1) is 11.8 Å². The van der Waals surface area contributed by atoms with Crippen LogP contribution in [0.15, 0.2) is 16.9 Å². The molecule has 5 rings (SSSR count). The predicted molar refractivity (Wildman–Crippen MR) is 101 cm³/mol. The average molecular weight is 362 g/mol. The summed E-state index contributed by atoms with van der Waals surface area (Å²) < 4.78 is 13.6. The highest BCUT2D eigenvalue weighted by molar-refractivity contribution is 7.13. The lowest BCUT2D eigenvalue weighted by molar-refractivity contribution is 0.147. The molecule has 2 aliphatic heterocycles. The fraction of sp³-hybridized carbons (Fsp3) is 0.632. The van der Waals surface area contributed by atoms with Gasteiger partial charge in [0.1, 0.15) is 0 Å². The molecule has 0 N–H and O–H groups in total. The number of rotatable bonds is 4. The Morgan fingerprint density at radius 1 is 1.04 bits per heavy atom. The van der Waals surface area contributed by atoms with E-state index in [1.165, 1.54) is 37.2 Å². The van der Waals surface area contributed by atoms with Crippen molar-refractivity contribution in [3.63, 3.8) is 0 Å². The van der Waals surface area contributed by atoms with E-state index in [2.05, 4.69) is 11.8 Å². The third-order valence-electron chi connectivity index (χ3n) is 5.93. The van der Waals surface area contributed by atoms with Crippen molar-refractivity contribution in [2.45, 2.75) is 38.8 Å². The lowest BCUT2D eigenvalue weighted by Crippen LogP contribution is -2.36. The molecular weight excluding hydrogens is 336 g/mol. The Morgan fingerprint density at radius 2 is 1.60 bits per heavy atom. The van der Waals surface area contributed by atoms with E-state index in [-0.39, 0.29) is 11.7 Å². The first-order valence-electron chi connectivity index (χ1n) is 9.12. The van der Waals surface area contributed by atoms with E-state index < -0.39 is 0 Å². The van der Waals surface area contributed by atoms with E-state index in [1.807, 2.05) is 16.1 Å². The Kier molecular flexibility index (Phi) is 4.50. The number of methoxy groups -OCH3 is 2. The number of hydrogen-bond donors (Lipinski definition) is 0. The SMILES string of the molecule is COc1cc2sn(C(C)N3CC4CCC(CC4)C3)c(=O)c2cc1OC. The first kappa shape index (κ1) is 16.9. The summed E-state index contributed by atoms with van der Waals surface area (Å²) in [7, 11) is 3.23. The minimum atomic E-state index is 0.0741. The molecule has 2 saturated heterocycles. The first-order chi connectivity index (χ1) is 12.1. The average Bonchev–Trinajstić information content (AvgIpc) is 2.81. The topological polar surface area (TPSA) is 43.7 Å². The van der Waals surface area contributed by atoms with Crippen molar-refractivity contribution >= 4 is 21.6 Å². The van der Waals surface area contributed by atoms with E-state index >= 15 is 0 Å². The van der Waals surface area contributed by atoms with Crippen LogP contribution < -0.4 is 15.0 Å². The molecule has 2 aromatic rings. The van der Waals surface area contributed by atoms with E-state index in [0.29, 0.717) is 16.9 Å². The van der Waals surface area contributed by atoms with Gasteiger partial charge in [0.05, 0.1) is 30.5 Å². The van der Waals surface area contributed by atoms with Gasteiger partial charge in [-0.15, -0.1) is 0 Å². The van der Waals surface area contributed by atoms with Crippen LogP contribution in [0.5, 0.6) is 11.5 Å². The maximum absolute atomic E-state index is 13.0. The van der Waals surface area contributed by atoms with Crippen molar-refractivity contribution in [1.82, 2.24) is 8.86 Å². The van der Waals surface area contributed by atoms with Crippen molar-refractivity contribution in [3.8, 4) is 11.5 Å². The molecule has 1 aliphatic carbocycles. The maximum atomic E-state index is 13.0. The zero-order chi connectivity index (χ0) is 17.6. The first-order valence-corrected chi connectivity index (χ1v) is 9.89. The molecule has 136 valence electrons. The van der Waals surface area contributed by atoms with Gasteiger partial charge in [-0.2, -0.15) is 0 Å². The summed E-state index contributed by atoms with van der Waals surface area (Å²) in [5.41, 5.74) is 0.0741. The Labute approximate surface area is 152 Å². The molecule has 1 aromatic heterocycles. The molecule has 1 saturated carbocycles. The molecule has 0 radical (unpaired) electrons. The van der Waals surface area contributed by atoms with Gasteiger partial charge in [-0.3, -0.25) is 9.69 Å². The number of hydrogen-bond acceptors (Lipinski definition) is 5. The van der Waals surface area contributed by atoms with Crippen LogP contribution in [0.1, 0.15) is 38.8 Å². The van der Waals surface area contributed by atoms with Crippen molar-refractivity contribution in [1.29, 1.82) is 0 Å². The smallest absolute Gasteiger partial charge is 0.270 e. The van der Waals surface area contributed by atoms with Gasteiger partial charge in [-0.1, -0.05) is 11.5 Å². The Bertz CT molecular complexity index is 806. The molecule has 6 heteroatoms. The van der Waals surface area contributed by atoms with Gasteiger partial charge < -0.3 is 9.47 Å². The summed E-state index contributed by atoms with van der Waals surface area (Å²) in [5, 5.41) is 0.715. The highest BCUT2D eigenvalue weighted by Crippen LogP contribution is 2.37. The predicted octanol–water partition coefficient (Wildman–Crippen LogP) is 3.72. The fourth-order valence-corrected chi connectivity index (χ4v) is 5.49. The number of ether oxygens (including phenoxy) is 2. The molecule has 3 heterocycles. The van der Waals surface area contributed by atoms with Gasteiger partial charge in [-0.05, 0) is 50.5 Å². The molecule has 5 nitrogen and oxygen atoms in total. The van der Waals surface area contributed by atoms with Crippen LogP contribution >= 0.6 is 11.5 Å². The van der Waals surface area contributed by atoms with E-state index in [1.54, 1.807) is 14.2 Å². The molecule has 1 atom stereocenters. The molecule has 25 heavy (non-hydrogen) atoms. The highest BCUT2D eigenvalue weighted by Gasteiger charge is 2.32. The van der Waals surface area contributed by atoms with Gasteiger partial charge in [0.25, 0.3) is 5.56 Å². The second kappa shape index (κ2) is 6.65. The Morgan fingerprint density at radius 3 is 2.16 bits per heavy atom. The lowest BCUT2D eigenvalue weighted by Gasteiger charge is -2.29. The fourth-order valence-electron chi connectivity index (χ4n) is 4.40. The zero-order valence-electron chi connectivity index (χ0n) is 15.2. The Hall–Kier alpha value is -1.53. The quantitative estimate of drug-likeness (QED) is 0.831. The second-order valence-corrected chi connectivity index (χ2v) is 8.41. The summed E-state index contributed by atoms with van der Waals surface area (Å²) in [6.45, 7) is 4.39. The number of benzene rings is 1. The molecule has 3 aliphatic rings. The highest BCUT2D eigenvalue weighted by atomic mass is 32.1. The van der Waals surface area contributed by atoms with E-state index in [4.69, 9.17) is 9.47 Å². The van der Waals surface area contributed by atoms with Crippen LogP contribution in [0.25, 0.3) is 10.1 Å². The van der Waals surface area contributed by atoms with E-state index in [9.17, 15) is 4.79 Å². The van der Waals surface area contributed by atoms with Crippen molar-refractivity contribution in [3.05, 3.63) is 22.5 Å². The molecular formula is C19H26N2O3S. The minimum absolute atomic E-state index is 0.0741. The molecule has 0 spiro atoms. The third kappa shape index (κ3) is 2.95. The second-order valence-electron chi connectivity index (χ2n) is 7.40. The van der Waals surface area contributed by atoms with Crippen LogP contribution in [-0.4, -0.2) is 36.2 Å². The van der Waals surface area contributed by atoms with Gasteiger partial charge in [0.15, 0.2) is 11.5 Å². The van der Waals surface area contributed by atoms with E-state index in [0.717, 1.165) is 29.6 Å². The number of nitrogens with zero attached hydrogens (tertiary/aromatic N) is 2. The zero-order valence-corrected chi connectivity index (χ0v) is 16.0. The lowest BCUT2D eigenvalue weighted by atomic mass is 9.84. The summed E-state index contributed by atoms with van der Waals surface area (Å²) in [4.78, 5) is 15.5. The van der Waals surface area contributed by atoms with Crippen molar-refractivity contribution in [2.75, 3.05) is 27.3 Å². The van der Waals surface area contributed by atoms with Crippen LogP contribution in [0.2, 0.25) is 0 Å². The van der Waals surface area contributed by atoms with Crippen LogP contribution in [0.4, 0.5) is 0 Å². The summed E-state index contributed by atoms with van der Waals surface area (Å²) >= 11 is 1.53. The van der Waals surface area contributed by atoms with Gasteiger partial charge in [-0.25, -0.2) is 3.96 Å². The maximum Gasteiger partial charge on any atom is 0.270 e.